The van der Waals surface area contributed by atoms with Crippen molar-refractivity contribution in [2.24, 2.45) is 0 Å². The molecule has 1 aliphatic rings. The van der Waals surface area contributed by atoms with E-state index in [0.29, 0.717) is 10.3 Å². The van der Waals surface area contributed by atoms with E-state index < -0.39 is 0 Å². The van der Waals surface area contributed by atoms with Crippen LogP contribution in [0.25, 0.3) is 0 Å². The fraction of sp³-hybridized carbons (Fsp3) is 0.429. The van der Waals surface area contributed by atoms with Gasteiger partial charge in [-0.15, -0.1) is 4.59 Å². The zero-order chi connectivity index (χ0) is 13.7. The Morgan fingerprint density at radius 2 is 2.11 bits per heavy atom. The number of aromatic hydroxyl groups is 1. The highest BCUT2D eigenvalue weighted by molar-refractivity contribution is 5.77. The SMILES string of the molecule is CC(=O)N[N+]1(C)c2cc(C)c(O)cc2[C+](C)C1C. The first-order chi connectivity index (χ1) is 8.27. The van der Waals surface area contributed by atoms with Gasteiger partial charge in [-0.05, 0) is 6.92 Å². The van der Waals surface area contributed by atoms with Gasteiger partial charge in [-0.2, -0.15) is 5.43 Å². The van der Waals surface area contributed by atoms with E-state index in [1.807, 2.05) is 27.0 Å². The number of amides is 1. The van der Waals surface area contributed by atoms with E-state index in [4.69, 9.17) is 0 Å². The van der Waals surface area contributed by atoms with Gasteiger partial charge in [-0.3, -0.25) is 4.79 Å². The van der Waals surface area contributed by atoms with E-state index in [0.717, 1.165) is 16.8 Å². The predicted octanol–water partition coefficient (Wildman–Crippen LogP) is 2.03. The fourth-order valence-corrected chi connectivity index (χ4v) is 2.69. The standard InChI is InChI=1S/C14H18N2O2/c1-8-6-13-12(7-14(8)18)9(2)10(3)16(13,5)15-11(4)17/h6-7,10H,1-5H3/p+2. The predicted molar refractivity (Wildman–Crippen MR) is 71.9 cm³/mol. The molecular formula is C14H20N2O2+2. The van der Waals surface area contributed by atoms with Gasteiger partial charge in [-0.1, -0.05) is 0 Å². The molecule has 0 saturated heterocycles. The minimum Gasteiger partial charge on any atom is -0.497 e. The molecule has 0 saturated carbocycles. The molecule has 0 aliphatic carbocycles. The Bertz CT molecular complexity index is 513. The van der Waals surface area contributed by atoms with Crippen LogP contribution in [0.3, 0.4) is 0 Å². The van der Waals surface area contributed by atoms with Crippen molar-refractivity contribution in [3.05, 3.63) is 29.2 Å². The van der Waals surface area contributed by atoms with Crippen molar-refractivity contribution < 1.29 is 9.90 Å². The van der Waals surface area contributed by atoms with Crippen LogP contribution in [0, 0.1) is 12.8 Å². The lowest BCUT2D eigenvalue weighted by Crippen LogP contribution is -2.61. The van der Waals surface area contributed by atoms with E-state index in [2.05, 4.69) is 12.3 Å². The quantitative estimate of drug-likeness (QED) is 0.590. The second-order valence-corrected chi connectivity index (χ2v) is 5.26. The van der Waals surface area contributed by atoms with Gasteiger partial charge >= 0.3 is 0 Å². The molecule has 0 spiro atoms. The molecule has 0 aromatic heterocycles. The molecule has 1 amide bonds. The van der Waals surface area contributed by atoms with Crippen LogP contribution in [0.1, 0.15) is 31.9 Å². The highest BCUT2D eigenvalue weighted by Gasteiger charge is 2.55. The molecule has 0 fully saturated rings. The Labute approximate surface area is 108 Å². The molecular weight excluding hydrogens is 228 g/mol. The second kappa shape index (κ2) is 3.92. The van der Waals surface area contributed by atoms with Gasteiger partial charge in [0.25, 0.3) is 11.6 Å². The Hall–Kier alpha value is -1.68. The lowest BCUT2D eigenvalue weighted by atomic mass is 9.97. The van der Waals surface area contributed by atoms with Crippen LogP contribution in [-0.2, 0) is 4.79 Å². The molecule has 4 nitrogen and oxygen atoms in total. The number of quaternary nitrogens is 1. The molecule has 2 atom stereocenters. The number of phenols is 1. The molecule has 1 aliphatic heterocycles. The van der Waals surface area contributed by atoms with E-state index in [1.54, 1.807) is 6.07 Å². The topological polar surface area (TPSA) is 49.3 Å². The average molecular weight is 248 g/mol. The maximum atomic E-state index is 11.4. The Morgan fingerprint density at radius 1 is 1.50 bits per heavy atom. The first kappa shape index (κ1) is 12.8. The fourth-order valence-electron chi connectivity index (χ4n) is 2.69. The van der Waals surface area contributed by atoms with E-state index in [9.17, 15) is 9.90 Å². The molecule has 4 heteroatoms. The number of aryl methyl sites for hydroxylation is 1. The Balaban J connectivity index is 2.61. The van der Waals surface area contributed by atoms with Gasteiger partial charge < -0.3 is 5.11 Å². The van der Waals surface area contributed by atoms with E-state index in [-0.39, 0.29) is 11.9 Å². The summed E-state index contributed by atoms with van der Waals surface area (Å²) in [5.74, 6) is 1.42. The van der Waals surface area contributed by atoms with Crippen molar-refractivity contribution >= 4 is 11.6 Å². The number of nitrogens with zero attached hydrogens (tertiary/aromatic N) is 1. The maximum absolute atomic E-state index is 11.4. The highest BCUT2D eigenvalue weighted by Crippen LogP contribution is 2.45. The van der Waals surface area contributed by atoms with Crippen LogP contribution in [0.15, 0.2) is 12.1 Å². The minimum absolute atomic E-state index is 0.0595. The number of carbonyl (C=O) groups excluding carboxylic acids is 1. The lowest BCUT2D eigenvalue weighted by Gasteiger charge is -2.29. The summed E-state index contributed by atoms with van der Waals surface area (Å²) in [5, 5.41) is 9.83. The molecule has 0 bridgehead atoms. The molecule has 96 valence electrons. The third-order valence-electron chi connectivity index (χ3n) is 4.03. The van der Waals surface area contributed by atoms with Crippen LogP contribution >= 0.6 is 0 Å². The minimum atomic E-state index is -0.0595. The Morgan fingerprint density at radius 3 is 2.67 bits per heavy atom. The molecule has 1 aromatic carbocycles. The van der Waals surface area contributed by atoms with Crippen molar-refractivity contribution in [3.8, 4) is 5.75 Å². The summed E-state index contributed by atoms with van der Waals surface area (Å²) >= 11 is 0. The molecule has 0 radical (unpaired) electrons. The first-order valence-corrected chi connectivity index (χ1v) is 6.10. The summed E-state index contributed by atoms with van der Waals surface area (Å²) in [6.07, 6.45) is 0. The summed E-state index contributed by atoms with van der Waals surface area (Å²) in [6, 6.07) is 3.90. The number of rotatable bonds is 1. The third-order valence-corrected chi connectivity index (χ3v) is 4.03. The van der Waals surface area contributed by atoms with Gasteiger partial charge in [0.1, 0.15) is 13.0 Å². The van der Waals surface area contributed by atoms with Crippen LogP contribution < -0.4 is 10.0 Å². The number of hydrogen-bond donors (Lipinski definition) is 2. The number of likely N-dealkylation sites (N-methyl/N-ethyl adjacent to an activating group) is 1. The van der Waals surface area contributed by atoms with Crippen molar-refractivity contribution in [2.45, 2.75) is 33.7 Å². The molecule has 18 heavy (non-hydrogen) atoms. The lowest BCUT2D eigenvalue weighted by molar-refractivity contribution is -0.123. The summed E-state index contributed by atoms with van der Waals surface area (Å²) in [7, 11) is 1.98. The van der Waals surface area contributed by atoms with Crippen LogP contribution in [-0.4, -0.2) is 24.1 Å². The summed E-state index contributed by atoms with van der Waals surface area (Å²) in [5.41, 5.74) is 5.88. The summed E-state index contributed by atoms with van der Waals surface area (Å²) < 4.78 is 0.359. The number of phenolic OH excluding ortho intramolecular Hbond substituents is 1. The number of benzene rings is 1. The van der Waals surface area contributed by atoms with Crippen molar-refractivity contribution in [1.29, 1.82) is 0 Å². The number of carbonyl (C=O) groups is 1. The molecule has 1 heterocycles. The van der Waals surface area contributed by atoms with Crippen molar-refractivity contribution in [2.75, 3.05) is 7.05 Å². The zero-order valence-corrected chi connectivity index (χ0v) is 11.5. The largest absolute Gasteiger partial charge is 0.497 e. The smallest absolute Gasteiger partial charge is 0.266 e. The van der Waals surface area contributed by atoms with Gasteiger partial charge in [0.15, 0.2) is 11.8 Å². The zero-order valence-electron chi connectivity index (χ0n) is 11.5. The van der Waals surface area contributed by atoms with Crippen molar-refractivity contribution in [1.82, 2.24) is 10.0 Å². The second-order valence-electron chi connectivity index (χ2n) is 5.26. The third kappa shape index (κ3) is 1.64. The van der Waals surface area contributed by atoms with Gasteiger partial charge in [0.05, 0.1) is 12.1 Å². The van der Waals surface area contributed by atoms with E-state index in [1.165, 1.54) is 12.8 Å². The highest BCUT2D eigenvalue weighted by atomic mass is 16.3. The molecule has 2 N–H and O–H groups in total. The van der Waals surface area contributed by atoms with Crippen LogP contribution in [0.5, 0.6) is 5.75 Å². The van der Waals surface area contributed by atoms with Gasteiger partial charge in [0.2, 0.25) is 5.56 Å². The maximum Gasteiger partial charge on any atom is 0.266 e. The number of nitrogens with one attached hydrogen (secondary N) is 1. The number of hydrogen-bond acceptors (Lipinski definition) is 2. The van der Waals surface area contributed by atoms with Crippen LogP contribution in [0.2, 0.25) is 0 Å². The molecule has 1 aromatic rings. The number of fused-ring (bicyclic) bond motifs is 1. The Kier molecular flexibility index (Phi) is 2.78. The van der Waals surface area contributed by atoms with E-state index >= 15 is 0 Å². The molecule has 2 unspecified atom stereocenters. The average Bonchev–Trinajstić information content (AvgIpc) is 2.43. The van der Waals surface area contributed by atoms with Crippen molar-refractivity contribution in [3.63, 3.8) is 0 Å². The monoisotopic (exact) mass is 248 g/mol. The summed E-state index contributed by atoms with van der Waals surface area (Å²) in [6.45, 7) is 7.52. The first-order valence-electron chi connectivity index (χ1n) is 6.10. The summed E-state index contributed by atoms with van der Waals surface area (Å²) in [4.78, 5) is 11.4. The van der Waals surface area contributed by atoms with Gasteiger partial charge in [0, 0.05) is 26.3 Å². The molecule has 2 rings (SSSR count). The van der Waals surface area contributed by atoms with Crippen LogP contribution in [0.4, 0.5) is 5.69 Å². The normalized spacial score (nSPS) is 26.1. The van der Waals surface area contributed by atoms with Gasteiger partial charge in [-0.25, -0.2) is 0 Å².